The van der Waals surface area contributed by atoms with Gasteiger partial charge in [0, 0.05) is 41.4 Å². The van der Waals surface area contributed by atoms with Crippen LogP contribution in [0.3, 0.4) is 0 Å². The zero-order valence-corrected chi connectivity index (χ0v) is 19.1. The van der Waals surface area contributed by atoms with Crippen LogP contribution in [0, 0.1) is 5.41 Å². The number of nitrogens with zero attached hydrogens (tertiary/aromatic N) is 2. The highest BCUT2D eigenvalue weighted by Gasteiger charge is 2.32. The molecule has 0 spiro atoms. The van der Waals surface area contributed by atoms with Crippen molar-refractivity contribution in [1.82, 2.24) is 9.88 Å². The normalized spacial score (nSPS) is 15.8. The molecule has 2 N–H and O–H groups in total. The molecule has 2 heterocycles. The molecule has 0 bridgehead atoms. The molecule has 1 aromatic heterocycles. The van der Waals surface area contributed by atoms with Crippen LogP contribution in [-0.2, 0) is 12.0 Å². The Morgan fingerprint density at radius 3 is 2.65 bits per heavy atom. The number of nitrogens with one attached hydrogen (secondary N) is 2. The molecule has 6 heteroatoms. The summed E-state index contributed by atoms with van der Waals surface area (Å²) in [6, 6.07) is 7.97. The number of hydrogen-bond acceptors (Lipinski definition) is 5. The highest BCUT2D eigenvalue weighted by molar-refractivity contribution is 6.05. The SMILES string of the molecule is CCNc1cc(C(=O)CN2Cc3ccc(C4CC4)nc3C2=N)cc(C(C)(C)C)c1OC. The number of ketones is 1. The van der Waals surface area contributed by atoms with Crippen LogP contribution in [-0.4, -0.2) is 41.7 Å². The fourth-order valence-corrected chi connectivity index (χ4v) is 4.16. The van der Waals surface area contributed by atoms with Crippen LogP contribution in [0.25, 0.3) is 0 Å². The van der Waals surface area contributed by atoms with E-state index in [-0.39, 0.29) is 17.7 Å². The number of fused-ring (bicyclic) bond motifs is 1. The third-order valence-corrected chi connectivity index (χ3v) is 6.02. The van der Waals surface area contributed by atoms with E-state index in [0.717, 1.165) is 40.5 Å². The van der Waals surface area contributed by atoms with Crippen molar-refractivity contribution >= 4 is 17.3 Å². The smallest absolute Gasteiger partial charge is 0.182 e. The molecular formula is C25H32N4O2. The van der Waals surface area contributed by atoms with E-state index in [4.69, 9.17) is 15.1 Å². The van der Waals surface area contributed by atoms with Crippen LogP contribution in [0.5, 0.6) is 5.75 Å². The molecule has 1 aliphatic carbocycles. The van der Waals surface area contributed by atoms with Crippen LogP contribution in [0.4, 0.5) is 5.69 Å². The summed E-state index contributed by atoms with van der Waals surface area (Å²) < 4.78 is 5.69. The minimum absolute atomic E-state index is 0.00715. The van der Waals surface area contributed by atoms with Crippen molar-refractivity contribution in [2.75, 3.05) is 25.5 Å². The van der Waals surface area contributed by atoms with Gasteiger partial charge in [-0.1, -0.05) is 26.8 Å². The lowest BCUT2D eigenvalue weighted by molar-refractivity contribution is 0.0962. The van der Waals surface area contributed by atoms with E-state index in [1.54, 1.807) is 7.11 Å². The first-order valence-electron chi connectivity index (χ1n) is 11.1. The fraction of sp³-hybridized carbons (Fsp3) is 0.480. The number of Topliss-reactive ketones (excluding diaryl/α,β-unsaturated/α-hetero) is 1. The van der Waals surface area contributed by atoms with Gasteiger partial charge in [-0.25, -0.2) is 4.98 Å². The topological polar surface area (TPSA) is 78.3 Å². The molecule has 2 aliphatic rings. The van der Waals surface area contributed by atoms with E-state index >= 15 is 0 Å². The summed E-state index contributed by atoms with van der Waals surface area (Å²) in [6.07, 6.45) is 2.37. The van der Waals surface area contributed by atoms with Gasteiger partial charge in [-0.05, 0) is 43.4 Å². The van der Waals surface area contributed by atoms with Crippen molar-refractivity contribution in [3.63, 3.8) is 0 Å². The predicted molar refractivity (Wildman–Crippen MR) is 124 cm³/mol. The number of benzene rings is 1. The van der Waals surface area contributed by atoms with Crippen molar-refractivity contribution in [3.8, 4) is 5.75 Å². The van der Waals surface area contributed by atoms with E-state index in [9.17, 15) is 4.79 Å². The van der Waals surface area contributed by atoms with Gasteiger partial charge in [-0.15, -0.1) is 0 Å². The molecule has 31 heavy (non-hydrogen) atoms. The molecule has 1 aliphatic heterocycles. The average molecular weight is 421 g/mol. The monoisotopic (exact) mass is 420 g/mol. The van der Waals surface area contributed by atoms with E-state index in [1.165, 1.54) is 12.8 Å². The van der Waals surface area contributed by atoms with Gasteiger partial charge in [0.25, 0.3) is 0 Å². The van der Waals surface area contributed by atoms with Gasteiger partial charge >= 0.3 is 0 Å². The second kappa shape index (κ2) is 7.98. The molecule has 0 unspecified atom stereocenters. The van der Waals surface area contributed by atoms with Gasteiger partial charge < -0.3 is 15.0 Å². The number of hydrogen-bond donors (Lipinski definition) is 2. The number of ether oxygens (including phenoxy) is 1. The highest BCUT2D eigenvalue weighted by Crippen LogP contribution is 2.40. The Balaban J connectivity index is 1.59. The quantitative estimate of drug-likeness (QED) is 0.634. The first-order valence-corrected chi connectivity index (χ1v) is 11.1. The molecular weight excluding hydrogens is 388 g/mol. The molecule has 6 nitrogen and oxygen atoms in total. The van der Waals surface area contributed by atoms with Crippen LogP contribution in [0.2, 0.25) is 0 Å². The summed E-state index contributed by atoms with van der Waals surface area (Å²) in [5, 5.41) is 11.9. The van der Waals surface area contributed by atoms with Crippen molar-refractivity contribution in [2.24, 2.45) is 0 Å². The van der Waals surface area contributed by atoms with Gasteiger partial charge in [0.2, 0.25) is 0 Å². The summed E-state index contributed by atoms with van der Waals surface area (Å²) in [6.45, 7) is 9.82. The second-order valence-electron chi connectivity index (χ2n) is 9.53. The largest absolute Gasteiger partial charge is 0.494 e. The molecule has 0 radical (unpaired) electrons. The van der Waals surface area contributed by atoms with Crippen LogP contribution >= 0.6 is 0 Å². The molecule has 4 rings (SSSR count). The Labute approximate surface area is 184 Å². The molecule has 1 saturated carbocycles. The third-order valence-electron chi connectivity index (χ3n) is 6.02. The van der Waals surface area contributed by atoms with Gasteiger partial charge in [0.15, 0.2) is 5.78 Å². The average Bonchev–Trinajstić information content (AvgIpc) is 3.53. The predicted octanol–water partition coefficient (Wildman–Crippen LogP) is 4.72. The van der Waals surface area contributed by atoms with Crippen LogP contribution in [0.1, 0.15) is 79.3 Å². The van der Waals surface area contributed by atoms with Crippen molar-refractivity contribution in [3.05, 3.63) is 52.3 Å². The Kier molecular flexibility index (Phi) is 5.50. The van der Waals surface area contributed by atoms with Gasteiger partial charge in [-0.2, -0.15) is 0 Å². The lowest BCUT2D eigenvalue weighted by Gasteiger charge is -2.25. The minimum Gasteiger partial charge on any atom is -0.494 e. The summed E-state index contributed by atoms with van der Waals surface area (Å²) in [5.74, 6) is 1.67. The van der Waals surface area contributed by atoms with E-state index in [0.29, 0.717) is 23.9 Å². The first-order chi connectivity index (χ1) is 14.7. The maximum absolute atomic E-state index is 13.3. The van der Waals surface area contributed by atoms with Crippen molar-refractivity contribution < 1.29 is 9.53 Å². The number of amidine groups is 1. The van der Waals surface area contributed by atoms with E-state index < -0.39 is 0 Å². The summed E-state index contributed by atoms with van der Waals surface area (Å²) in [7, 11) is 1.67. The standard InChI is InChI=1S/C25H32N4O2/c1-6-27-20-12-17(11-18(23(20)31-5)25(2,3)4)21(30)14-29-13-16-9-10-19(15-7-8-15)28-22(16)24(29)26/h9-12,15,26-27H,6-8,13-14H2,1-5H3. The summed E-state index contributed by atoms with van der Waals surface area (Å²) in [4.78, 5) is 19.8. The maximum Gasteiger partial charge on any atom is 0.182 e. The Hall–Kier alpha value is -2.89. The number of carbonyl (C=O) groups is 1. The molecule has 164 valence electrons. The van der Waals surface area contributed by atoms with E-state index in [1.807, 2.05) is 24.0 Å². The number of rotatable bonds is 7. The van der Waals surface area contributed by atoms with Gasteiger partial charge in [0.05, 0.1) is 19.3 Å². The Bertz CT molecular complexity index is 1030. The number of carbonyl (C=O) groups excluding carboxylic acids is 1. The van der Waals surface area contributed by atoms with E-state index in [2.05, 4.69) is 38.2 Å². The molecule has 0 saturated heterocycles. The molecule has 0 atom stereocenters. The van der Waals surface area contributed by atoms with Crippen LogP contribution in [0.15, 0.2) is 24.3 Å². The molecule has 1 fully saturated rings. The fourth-order valence-electron chi connectivity index (χ4n) is 4.16. The highest BCUT2D eigenvalue weighted by atomic mass is 16.5. The van der Waals surface area contributed by atoms with Gasteiger partial charge in [0.1, 0.15) is 17.3 Å². The Morgan fingerprint density at radius 1 is 1.29 bits per heavy atom. The first kappa shape index (κ1) is 21.3. The zero-order valence-electron chi connectivity index (χ0n) is 19.1. The molecule has 2 aromatic rings. The van der Waals surface area contributed by atoms with Crippen molar-refractivity contribution in [2.45, 2.75) is 58.4 Å². The lowest BCUT2D eigenvalue weighted by Crippen LogP contribution is -2.30. The van der Waals surface area contributed by atoms with Crippen LogP contribution < -0.4 is 10.1 Å². The summed E-state index contributed by atoms with van der Waals surface area (Å²) in [5.41, 5.74) is 5.12. The zero-order chi connectivity index (χ0) is 22.3. The maximum atomic E-state index is 13.3. The number of aromatic nitrogens is 1. The summed E-state index contributed by atoms with van der Waals surface area (Å²) >= 11 is 0. The van der Waals surface area contributed by atoms with Crippen molar-refractivity contribution in [1.29, 1.82) is 5.41 Å². The van der Waals surface area contributed by atoms with Gasteiger partial charge in [-0.3, -0.25) is 10.2 Å². The number of anilines is 1. The molecule has 0 amide bonds. The minimum atomic E-state index is -0.175. The lowest BCUT2D eigenvalue weighted by atomic mass is 9.84. The second-order valence-corrected chi connectivity index (χ2v) is 9.53. The number of pyridine rings is 1. The third kappa shape index (κ3) is 4.16. The Morgan fingerprint density at radius 2 is 2.03 bits per heavy atom. The molecule has 1 aromatic carbocycles. The number of methoxy groups -OCH3 is 1.